The van der Waals surface area contributed by atoms with E-state index in [1.165, 1.54) is 0 Å². The summed E-state index contributed by atoms with van der Waals surface area (Å²) in [5.41, 5.74) is -0.0533. The molecule has 74 valence electrons. The Bertz CT molecular complexity index is 113. The summed E-state index contributed by atoms with van der Waals surface area (Å²) >= 11 is 0. The lowest BCUT2D eigenvalue weighted by Gasteiger charge is -2.24. The van der Waals surface area contributed by atoms with Gasteiger partial charge in [0.25, 0.3) is 0 Å². The predicted molar refractivity (Wildman–Crippen MR) is 51.5 cm³/mol. The first-order chi connectivity index (χ1) is 5.55. The van der Waals surface area contributed by atoms with Crippen LogP contribution in [0, 0.1) is 0 Å². The third-order valence-electron chi connectivity index (χ3n) is 1.99. The van der Waals surface area contributed by atoms with Gasteiger partial charge in [-0.2, -0.15) is 0 Å². The molecule has 0 aliphatic rings. The molecular weight excluding hydrogens is 172 g/mol. The molecule has 0 radical (unpaired) electrons. The molecule has 0 rings (SSSR count). The van der Waals surface area contributed by atoms with Crippen LogP contribution < -0.4 is 0 Å². The summed E-state index contributed by atoms with van der Waals surface area (Å²) in [6.07, 6.45) is 1.62. The van der Waals surface area contributed by atoms with Crippen LogP contribution in [0.1, 0.15) is 27.2 Å². The number of hydrogen-bond donors (Lipinski definition) is 0. The summed E-state index contributed by atoms with van der Waals surface area (Å²) in [5, 5.41) is 0. The van der Waals surface area contributed by atoms with E-state index in [-0.39, 0.29) is 5.60 Å². The molecule has 0 atom stereocenters. The maximum absolute atomic E-state index is 5.63. The fourth-order valence-corrected chi connectivity index (χ4v) is 1.68. The highest BCUT2D eigenvalue weighted by Crippen LogP contribution is 2.13. The Morgan fingerprint density at radius 2 is 1.67 bits per heavy atom. The van der Waals surface area contributed by atoms with Crippen molar-refractivity contribution in [2.45, 2.75) is 32.8 Å². The summed E-state index contributed by atoms with van der Waals surface area (Å²) in [6, 6.07) is 0. The zero-order chi connectivity index (χ0) is 9.61. The molecule has 0 aromatic rings. The summed E-state index contributed by atoms with van der Waals surface area (Å²) in [5.74, 6) is 0. The molecule has 0 fully saturated rings. The third kappa shape index (κ3) is 4.87. The SMILES string of the molecule is CCC(C)(C)OC[SiH](OC)OC. The highest BCUT2D eigenvalue weighted by molar-refractivity contribution is 6.44. The Morgan fingerprint density at radius 1 is 1.17 bits per heavy atom. The van der Waals surface area contributed by atoms with Gasteiger partial charge in [0.15, 0.2) is 0 Å². The van der Waals surface area contributed by atoms with E-state index in [2.05, 4.69) is 20.8 Å². The quantitative estimate of drug-likeness (QED) is 0.593. The largest absolute Gasteiger partial charge is 0.399 e. The second kappa shape index (κ2) is 5.69. The van der Waals surface area contributed by atoms with Crippen LogP contribution in [0.3, 0.4) is 0 Å². The average molecular weight is 192 g/mol. The zero-order valence-corrected chi connectivity index (χ0v) is 9.87. The lowest BCUT2D eigenvalue weighted by molar-refractivity contribution is -0.00654. The Morgan fingerprint density at radius 3 is 2.00 bits per heavy atom. The van der Waals surface area contributed by atoms with Gasteiger partial charge >= 0.3 is 9.28 Å². The van der Waals surface area contributed by atoms with Gasteiger partial charge in [0, 0.05) is 14.2 Å². The van der Waals surface area contributed by atoms with Crippen LogP contribution in [0.15, 0.2) is 0 Å². The number of rotatable bonds is 6. The highest BCUT2D eigenvalue weighted by atomic mass is 28.3. The minimum atomic E-state index is -1.53. The molecule has 0 spiro atoms. The van der Waals surface area contributed by atoms with Crippen LogP contribution >= 0.6 is 0 Å². The Kier molecular flexibility index (Phi) is 5.74. The van der Waals surface area contributed by atoms with E-state index >= 15 is 0 Å². The van der Waals surface area contributed by atoms with E-state index in [1.807, 2.05) is 0 Å². The van der Waals surface area contributed by atoms with Crippen molar-refractivity contribution in [2.24, 2.45) is 0 Å². The van der Waals surface area contributed by atoms with Crippen LogP contribution in [-0.4, -0.2) is 35.3 Å². The van der Waals surface area contributed by atoms with Crippen LogP contribution in [0.5, 0.6) is 0 Å². The third-order valence-corrected chi connectivity index (χ3v) is 3.48. The molecule has 0 unspecified atom stereocenters. The Labute approximate surface area is 76.9 Å². The molecule has 12 heavy (non-hydrogen) atoms. The topological polar surface area (TPSA) is 27.7 Å². The van der Waals surface area contributed by atoms with Gasteiger partial charge < -0.3 is 13.6 Å². The average Bonchev–Trinajstić information content (AvgIpc) is 2.06. The van der Waals surface area contributed by atoms with E-state index in [0.29, 0.717) is 6.23 Å². The molecule has 0 saturated carbocycles. The predicted octanol–water partition coefficient (Wildman–Crippen LogP) is 1.24. The second-order valence-electron chi connectivity index (χ2n) is 3.33. The maximum Gasteiger partial charge on any atom is 0.347 e. The van der Waals surface area contributed by atoms with E-state index in [1.54, 1.807) is 14.2 Å². The second-order valence-corrected chi connectivity index (χ2v) is 5.46. The molecule has 0 saturated heterocycles. The van der Waals surface area contributed by atoms with Gasteiger partial charge in [-0.25, -0.2) is 0 Å². The van der Waals surface area contributed by atoms with E-state index in [4.69, 9.17) is 13.6 Å². The number of hydrogen-bond acceptors (Lipinski definition) is 3. The van der Waals surface area contributed by atoms with Gasteiger partial charge in [-0.1, -0.05) is 6.92 Å². The van der Waals surface area contributed by atoms with Gasteiger partial charge in [-0.05, 0) is 20.3 Å². The molecule has 0 aromatic carbocycles. The molecule has 0 amide bonds. The summed E-state index contributed by atoms with van der Waals surface area (Å²) in [6.45, 7) is 6.25. The fourth-order valence-electron chi connectivity index (χ4n) is 0.628. The Hall–Kier alpha value is 0.0969. The minimum absolute atomic E-state index is 0.0533. The van der Waals surface area contributed by atoms with Gasteiger partial charge in [-0.15, -0.1) is 0 Å². The van der Waals surface area contributed by atoms with Crippen LogP contribution in [0.4, 0.5) is 0 Å². The molecule has 4 heteroatoms. The molecule has 0 aromatic heterocycles. The van der Waals surface area contributed by atoms with Crippen molar-refractivity contribution in [1.82, 2.24) is 0 Å². The molecule has 0 aliphatic carbocycles. The monoisotopic (exact) mass is 192 g/mol. The normalized spacial score (nSPS) is 12.5. The number of ether oxygens (including phenoxy) is 1. The smallest absolute Gasteiger partial charge is 0.347 e. The van der Waals surface area contributed by atoms with Crippen molar-refractivity contribution < 1.29 is 13.6 Å². The minimum Gasteiger partial charge on any atom is -0.399 e. The molecular formula is C8H20O3Si. The van der Waals surface area contributed by atoms with Crippen molar-refractivity contribution in [2.75, 3.05) is 20.4 Å². The zero-order valence-electron chi connectivity index (χ0n) is 8.72. The summed E-state index contributed by atoms with van der Waals surface area (Å²) in [4.78, 5) is 0. The summed E-state index contributed by atoms with van der Waals surface area (Å²) < 4.78 is 15.9. The van der Waals surface area contributed by atoms with Gasteiger partial charge in [0.1, 0.15) is 0 Å². The van der Waals surface area contributed by atoms with E-state index < -0.39 is 9.28 Å². The van der Waals surface area contributed by atoms with Crippen molar-refractivity contribution in [3.8, 4) is 0 Å². The van der Waals surface area contributed by atoms with Crippen molar-refractivity contribution >= 4 is 9.28 Å². The van der Waals surface area contributed by atoms with Crippen molar-refractivity contribution in [3.63, 3.8) is 0 Å². The molecule has 0 aliphatic heterocycles. The molecule has 3 nitrogen and oxygen atoms in total. The van der Waals surface area contributed by atoms with Gasteiger partial charge in [0.2, 0.25) is 0 Å². The molecule has 0 N–H and O–H groups in total. The van der Waals surface area contributed by atoms with Crippen molar-refractivity contribution in [1.29, 1.82) is 0 Å². The molecule has 0 heterocycles. The van der Waals surface area contributed by atoms with Crippen LogP contribution in [-0.2, 0) is 13.6 Å². The summed E-state index contributed by atoms with van der Waals surface area (Å²) in [7, 11) is 1.81. The lowest BCUT2D eigenvalue weighted by atomic mass is 10.1. The van der Waals surface area contributed by atoms with E-state index in [0.717, 1.165) is 6.42 Å². The highest BCUT2D eigenvalue weighted by Gasteiger charge is 2.19. The Balaban J connectivity index is 3.65. The van der Waals surface area contributed by atoms with Crippen molar-refractivity contribution in [3.05, 3.63) is 0 Å². The first-order valence-electron chi connectivity index (χ1n) is 4.25. The fraction of sp³-hybridized carbons (Fsp3) is 1.00. The standard InChI is InChI=1S/C8H20O3Si/c1-6-8(2,3)11-7-12(9-4)10-5/h12H,6-7H2,1-5H3. The maximum atomic E-state index is 5.63. The molecule has 0 bridgehead atoms. The van der Waals surface area contributed by atoms with E-state index in [9.17, 15) is 0 Å². The van der Waals surface area contributed by atoms with Crippen LogP contribution in [0.25, 0.3) is 0 Å². The van der Waals surface area contributed by atoms with Gasteiger partial charge in [0.05, 0.1) is 11.8 Å². The van der Waals surface area contributed by atoms with Gasteiger partial charge in [-0.3, -0.25) is 0 Å². The van der Waals surface area contributed by atoms with Crippen LogP contribution in [0.2, 0.25) is 0 Å². The first kappa shape index (κ1) is 12.1. The lowest BCUT2D eigenvalue weighted by Crippen LogP contribution is -2.33. The first-order valence-corrected chi connectivity index (χ1v) is 6.01.